The molecule has 0 fully saturated rings. The third-order valence-corrected chi connectivity index (χ3v) is 9.97. The Bertz CT molecular complexity index is 781. The number of amides is 2. The van der Waals surface area contributed by atoms with E-state index in [2.05, 4.69) is 36.6 Å². The van der Waals surface area contributed by atoms with Crippen LogP contribution in [0.25, 0.3) is 0 Å². The lowest BCUT2D eigenvalue weighted by Gasteiger charge is -2.28. The molecule has 8 nitrogen and oxygen atoms in total. The first-order valence-corrected chi connectivity index (χ1v) is 21.4. The minimum atomic E-state index is -1.17. The van der Waals surface area contributed by atoms with Crippen molar-refractivity contribution in [2.24, 2.45) is 11.5 Å². The lowest BCUT2D eigenvalue weighted by Crippen LogP contribution is -2.55. The molecule has 0 aromatic heterocycles. The molecule has 296 valence electrons. The van der Waals surface area contributed by atoms with Crippen molar-refractivity contribution < 1.29 is 19.8 Å². The number of carbonyl (C=O) groups excluding carboxylic acids is 2. The van der Waals surface area contributed by atoms with Crippen molar-refractivity contribution in [1.29, 1.82) is 0 Å². The van der Waals surface area contributed by atoms with E-state index in [0.29, 0.717) is 25.8 Å². The van der Waals surface area contributed by atoms with Crippen molar-refractivity contribution in [1.82, 2.24) is 10.6 Å². The van der Waals surface area contributed by atoms with Gasteiger partial charge in [0, 0.05) is 13.0 Å². The van der Waals surface area contributed by atoms with E-state index in [1.807, 2.05) is 0 Å². The summed E-state index contributed by atoms with van der Waals surface area (Å²) in [6, 6.07) is -1.45. The second kappa shape index (κ2) is 37.3. The lowest BCUT2D eigenvalue weighted by atomic mass is 9.98. The highest BCUT2D eigenvalue weighted by atomic mass is 16.3. The average Bonchev–Trinajstić information content (AvgIpc) is 3.11. The molecule has 0 rings (SSSR count). The van der Waals surface area contributed by atoms with Gasteiger partial charge >= 0.3 is 0 Å². The molecular formula is C42H84N4O4. The van der Waals surface area contributed by atoms with Gasteiger partial charge in [0.1, 0.15) is 6.10 Å². The third-order valence-electron chi connectivity index (χ3n) is 9.97. The maximum atomic E-state index is 12.9. The average molecular weight is 709 g/mol. The summed E-state index contributed by atoms with van der Waals surface area (Å²) in [5.74, 6) is -0.480. The summed E-state index contributed by atoms with van der Waals surface area (Å²) in [5, 5.41) is 27.6. The molecule has 0 spiro atoms. The molecule has 8 heteroatoms. The van der Waals surface area contributed by atoms with Crippen molar-refractivity contribution >= 4 is 11.8 Å². The fourth-order valence-corrected chi connectivity index (χ4v) is 6.51. The second-order valence-corrected chi connectivity index (χ2v) is 14.9. The van der Waals surface area contributed by atoms with E-state index in [4.69, 9.17) is 11.5 Å². The number of allylic oxidation sites excluding steroid dienone is 2. The van der Waals surface area contributed by atoms with Gasteiger partial charge in [-0.15, -0.1) is 0 Å². The van der Waals surface area contributed by atoms with Crippen LogP contribution in [0.15, 0.2) is 12.2 Å². The highest BCUT2D eigenvalue weighted by molar-refractivity contribution is 5.81. The summed E-state index contributed by atoms with van der Waals surface area (Å²) in [6.07, 6.45) is 35.8. The monoisotopic (exact) mass is 709 g/mol. The largest absolute Gasteiger partial charge is 0.390 e. The van der Waals surface area contributed by atoms with Crippen LogP contribution in [0.4, 0.5) is 0 Å². The van der Waals surface area contributed by atoms with Gasteiger partial charge in [0.2, 0.25) is 11.8 Å². The van der Waals surface area contributed by atoms with Gasteiger partial charge in [0.15, 0.2) is 0 Å². The Morgan fingerprint density at radius 3 is 1.54 bits per heavy atom. The number of hydrogen-bond acceptors (Lipinski definition) is 6. The van der Waals surface area contributed by atoms with E-state index in [1.54, 1.807) is 0 Å². The first-order chi connectivity index (χ1) is 24.4. The van der Waals surface area contributed by atoms with E-state index in [-0.39, 0.29) is 18.4 Å². The highest BCUT2D eigenvalue weighted by Crippen LogP contribution is 2.15. The third kappa shape index (κ3) is 31.3. The van der Waals surface area contributed by atoms with Crippen molar-refractivity contribution in [3.8, 4) is 0 Å². The molecule has 0 aromatic carbocycles. The SMILES string of the molecule is CCCCCCCC/C=C\CCCCCCCC(=O)N[C@@H](CNC(=O)C(N)CCCCN)[C@H](O)[C@H](O)CCCCCCCCCCCCCC. The normalized spacial score (nSPS) is 14.1. The number of aliphatic hydroxyl groups is 2. The van der Waals surface area contributed by atoms with Gasteiger partial charge in [-0.25, -0.2) is 0 Å². The second-order valence-electron chi connectivity index (χ2n) is 14.9. The Morgan fingerprint density at radius 1 is 0.600 bits per heavy atom. The van der Waals surface area contributed by atoms with Crippen LogP contribution in [-0.4, -0.2) is 59.4 Å². The van der Waals surface area contributed by atoms with Gasteiger partial charge in [0.05, 0.1) is 18.2 Å². The topological polar surface area (TPSA) is 151 Å². The Hall–Kier alpha value is -1.48. The minimum absolute atomic E-state index is 0.0260. The Balaban J connectivity index is 4.46. The summed E-state index contributed by atoms with van der Waals surface area (Å²) in [5.41, 5.74) is 11.6. The number of hydrogen-bond donors (Lipinski definition) is 6. The molecule has 50 heavy (non-hydrogen) atoms. The molecule has 0 saturated heterocycles. The van der Waals surface area contributed by atoms with Gasteiger partial charge in [0.25, 0.3) is 0 Å². The number of nitrogens with one attached hydrogen (secondary N) is 2. The van der Waals surface area contributed by atoms with Crippen LogP contribution < -0.4 is 22.1 Å². The van der Waals surface area contributed by atoms with Crippen LogP contribution in [0, 0.1) is 0 Å². The molecule has 0 aliphatic carbocycles. The molecule has 8 N–H and O–H groups in total. The molecular weight excluding hydrogens is 624 g/mol. The zero-order valence-electron chi connectivity index (χ0n) is 33.0. The molecule has 0 heterocycles. The van der Waals surface area contributed by atoms with Crippen LogP contribution in [0.5, 0.6) is 0 Å². The molecule has 4 atom stereocenters. The predicted octanol–water partition coefficient (Wildman–Crippen LogP) is 8.89. The number of nitrogens with two attached hydrogens (primary N) is 2. The fraction of sp³-hybridized carbons (Fsp3) is 0.905. The van der Waals surface area contributed by atoms with E-state index in [0.717, 1.165) is 64.2 Å². The van der Waals surface area contributed by atoms with Crippen LogP contribution in [0.3, 0.4) is 0 Å². The summed E-state index contributed by atoms with van der Waals surface area (Å²) >= 11 is 0. The number of carbonyl (C=O) groups is 2. The number of rotatable bonds is 38. The highest BCUT2D eigenvalue weighted by Gasteiger charge is 2.28. The Kier molecular flexibility index (Phi) is 36.2. The van der Waals surface area contributed by atoms with Gasteiger partial charge in [-0.2, -0.15) is 0 Å². The van der Waals surface area contributed by atoms with Crippen molar-refractivity contribution in [3.05, 3.63) is 12.2 Å². The lowest BCUT2D eigenvalue weighted by molar-refractivity contribution is -0.126. The van der Waals surface area contributed by atoms with Crippen molar-refractivity contribution in [2.45, 2.75) is 231 Å². The first-order valence-electron chi connectivity index (χ1n) is 21.4. The van der Waals surface area contributed by atoms with Gasteiger partial charge in [-0.05, 0) is 57.9 Å². The molecule has 2 amide bonds. The zero-order chi connectivity index (χ0) is 36.9. The Labute approximate surface area is 309 Å². The predicted molar refractivity (Wildman–Crippen MR) is 213 cm³/mol. The van der Waals surface area contributed by atoms with Crippen molar-refractivity contribution in [2.75, 3.05) is 13.1 Å². The van der Waals surface area contributed by atoms with Crippen LogP contribution in [-0.2, 0) is 9.59 Å². The van der Waals surface area contributed by atoms with E-state index < -0.39 is 24.3 Å². The van der Waals surface area contributed by atoms with Crippen LogP contribution in [0.1, 0.15) is 206 Å². The molecule has 0 aromatic rings. The minimum Gasteiger partial charge on any atom is -0.390 e. The zero-order valence-corrected chi connectivity index (χ0v) is 33.0. The molecule has 0 saturated carbocycles. The maximum absolute atomic E-state index is 12.9. The van der Waals surface area contributed by atoms with Crippen LogP contribution >= 0.6 is 0 Å². The number of unbranched alkanes of at least 4 members (excludes halogenated alkanes) is 23. The summed E-state index contributed by atoms with van der Waals surface area (Å²) in [7, 11) is 0. The van der Waals surface area contributed by atoms with Gasteiger partial charge in [-0.1, -0.05) is 161 Å². The fourth-order valence-electron chi connectivity index (χ4n) is 6.51. The Morgan fingerprint density at radius 2 is 1.04 bits per heavy atom. The quantitative estimate of drug-likeness (QED) is 0.0279. The summed E-state index contributed by atoms with van der Waals surface area (Å²) < 4.78 is 0. The molecule has 0 aliphatic heterocycles. The standard InChI is InChI=1S/C42H84N4O4/c1-3-5-7-9-11-13-15-17-18-19-21-23-25-27-29-34-40(48)46-38(36-45-42(50)37(44)32-30-31-35-43)41(49)39(47)33-28-26-24-22-20-16-14-12-10-8-6-4-2/h17-18,37-39,41,47,49H,3-16,19-36,43-44H2,1-2H3,(H,45,50)(H,46,48)/b18-17-/t37?,38-,39+,41-/m0/s1. The number of aliphatic hydroxyl groups excluding tert-OH is 2. The van der Waals surface area contributed by atoms with E-state index in [9.17, 15) is 19.8 Å². The van der Waals surface area contributed by atoms with Gasteiger partial charge in [-0.3, -0.25) is 9.59 Å². The smallest absolute Gasteiger partial charge is 0.236 e. The summed E-state index contributed by atoms with van der Waals surface area (Å²) in [6.45, 7) is 5.09. The van der Waals surface area contributed by atoms with E-state index in [1.165, 1.54) is 109 Å². The summed E-state index contributed by atoms with van der Waals surface area (Å²) in [4.78, 5) is 25.5. The maximum Gasteiger partial charge on any atom is 0.236 e. The van der Waals surface area contributed by atoms with Crippen LogP contribution in [0.2, 0.25) is 0 Å². The van der Waals surface area contributed by atoms with E-state index >= 15 is 0 Å². The molecule has 0 bridgehead atoms. The first kappa shape index (κ1) is 48.5. The van der Waals surface area contributed by atoms with Gasteiger partial charge < -0.3 is 32.3 Å². The molecule has 1 unspecified atom stereocenters. The van der Waals surface area contributed by atoms with Crippen molar-refractivity contribution in [3.63, 3.8) is 0 Å². The molecule has 0 aliphatic rings. The molecule has 0 radical (unpaired) electrons.